The van der Waals surface area contributed by atoms with E-state index in [-0.39, 0.29) is 12.3 Å². The Morgan fingerprint density at radius 3 is 2.79 bits per heavy atom. The van der Waals surface area contributed by atoms with Crippen LogP contribution in [0.15, 0.2) is 40.9 Å². The predicted molar refractivity (Wildman–Crippen MR) is 87.2 cm³/mol. The van der Waals surface area contributed by atoms with Crippen LogP contribution in [0.2, 0.25) is 0 Å². The third-order valence-electron chi connectivity index (χ3n) is 4.57. The number of nitrogens with zero attached hydrogens (tertiary/aromatic N) is 2. The quantitative estimate of drug-likeness (QED) is 0.912. The van der Waals surface area contributed by atoms with Crippen LogP contribution in [0.3, 0.4) is 0 Å². The first-order valence-electron chi connectivity index (χ1n) is 8.05. The Balaban J connectivity index is 1.63. The fourth-order valence-corrected chi connectivity index (χ4v) is 3.10. The molecule has 1 fully saturated rings. The second-order valence-corrected chi connectivity index (χ2v) is 6.21. The number of aryl methyl sites for hydroxylation is 1. The molecule has 1 unspecified atom stereocenters. The molecule has 1 amide bonds. The summed E-state index contributed by atoms with van der Waals surface area (Å²) in [4.78, 5) is 29.5. The molecule has 1 aromatic carbocycles. The molecule has 126 valence electrons. The Hall–Kier alpha value is -2.63. The zero-order valence-electron chi connectivity index (χ0n) is 13.6. The van der Waals surface area contributed by atoms with E-state index in [4.69, 9.17) is 4.42 Å². The molecule has 0 aliphatic carbocycles. The normalized spacial score (nSPS) is 20.3. The first-order chi connectivity index (χ1) is 11.5. The van der Waals surface area contributed by atoms with E-state index >= 15 is 0 Å². The van der Waals surface area contributed by atoms with Crippen molar-refractivity contribution in [2.45, 2.75) is 38.1 Å². The maximum atomic E-state index is 12.4. The van der Waals surface area contributed by atoms with Crippen molar-refractivity contribution in [3.8, 4) is 11.3 Å². The minimum Gasteiger partial charge on any atom is -0.480 e. The number of hydrogen-bond acceptors (Lipinski definition) is 4. The lowest BCUT2D eigenvalue weighted by atomic mass is 9.99. The van der Waals surface area contributed by atoms with Crippen LogP contribution in [0.1, 0.15) is 32.1 Å². The van der Waals surface area contributed by atoms with E-state index in [1.165, 1.54) is 4.90 Å². The number of benzene rings is 1. The van der Waals surface area contributed by atoms with Gasteiger partial charge in [0, 0.05) is 24.9 Å². The van der Waals surface area contributed by atoms with Crippen molar-refractivity contribution in [2.75, 3.05) is 6.54 Å². The van der Waals surface area contributed by atoms with Crippen LogP contribution in [-0.4, -0.2) is 39.0 Å². The van der Waals surface area contributed by atoms with Crippen molar-refractivity contribution in [3.63, 3.8) is 0 Å². The average Bonchev–Trinajstić information content (AvgIpc) is 3.21. The molecule has 6 nitrogen and oxygen atoms in total. The third kappa shape index (κ3) is 3.04. The van der Waals surface area contributed by atoms with E-state index in [9.17, 15) is 14.7 Å². The number of carboxylic acid groups (broad SMARTS) is 1. The highest BCUT2D eigenvalue weighted by Gasteiger charge is 2.45. The van der Waals surface area contributed by atoms with Crippen LogP contribution in [0.25, 0.3) is 11.3 Å². The fourth-order valence-electron chi connectivity index (χ4n) is 3.10. The number of aliphatic carboxylic acids is 1. The maximum absolute atomic E-state index is 12.4. The van der Waals surface area contributed by atoms with Crippen LogP contribution < -0.4 is 0 Å². The van der Waals surface area contributed by atoms with E-state index in [1.807, 2.05) is 30.3 Å². The van der Waals surface area contributed by atoms with Crippen molar-refractivity contribution in [2.24, 2.45) is 0 Å². The molecule has 0 radical (unpaired) electrons. The van der Waals surface area contributed by atoms with Crippen molar-refractivity contribution in [1.29, 1.82) is 0 Å². The monoisotopic (exact) mass is 328 g/mol. The minimum absolute atomic E-state index is 0.170. The van der Waals surface area contributed by atoms with Crippen LogP contribution >= 0.6 is 0 Å². The lowest BCUT2D eigenvalue weighted by molar-refractivity contribution is -0.155. The van der Waals surface area contributed by atoms with Crippen LogP contribution in [-0.2, 0) is 16.0 Å². The molecule has 0 spiro atoms. The molecule has 0 saturated carbocycles. The first kappa shape index (κ1) is 16.2. The zero-order valence-corrected chi connectivity index (χ0v) is 13.6. The first-order valence-corrected chi connectivity index (χ1v) is 8.05. The third-order valence-corrected chi connectivity index (χ3v) is 4.57. The highest BCUT2D eigenvalue weighted by molar-refractivity contribution is 5.87. The number of hydrogen-bond donors (Lipinski definition) is 1. The largest absolute Gasteiger partial charge is 0.480 e. The van der Waals surface area contributed by atoms with E-state index < -0.39 is 11.5 Å². The number of aromatic nitrogens is 1. The molecular formula is C18H20N2O4. The molecular weight excluding hydrogens is 308 g/mol. The minimum atomic E-state index is -1.09. The van der Waals surface area contributed by atoms with Gasteiger partial charge in [-0.15, -0.1) is 0 Å². The van der Waals surface area contributed by atoms with E-state index in [1.54, 1.807) is 13.1 Å². The Kier molecular flexibility index (Phi) is 4.38. The number of carboxylic acids is 1. The summed E-state index contributed by atoms with van der Waals surface area (Å²) in [5.74, 6) is 0.0284. The summed E-state index contributed by atoms with van der Waals surface area (Å²) in [6.07, 6.45) is 3.40. The lowest BCUT2D eigenvalue weighted by Crippen LogP contribution is -2.50. The summed E-state index contributed by atoms with van der Waals surface area (Å²) in [7, 11) is 0. The topological polar surface area (TPSA) is 83.6 Å². The Morgan fingerprint density at radius 1 is 1.33 bits per heavy atom. The summed E-state index contributed by atoms with van der Waals surface area (Å²) >= 11 is 0. The standard InChI is InChI=1S/C18H20N2O4/c1-18(17(22)23)10-5-11-20(18)16(21)9-8-15-19-12-14(24-15)13-6-3-2-4-7-13/h2-4,6-7,12H,5,8-11H2,1H3,(H,22,23). The maximum Gasteiger partial charge on any atom is 0.329 e. The molecule has 24 heavy (non-hydrogen) atoms. The molecule has 1 N–H and O–H groups in total. The zero-order chi connectivity index (χ0) is 17.2. The van der Waals surface area contributed by atoms with Crippen molar-refractivity contribution < 1.29 is 19.1 Å². The van der Waals surface area contributed by atoms with Gasteiger partial charge in [0.25, 0.3) is 0 Å². The van der Waals surface area contributed by atoms with Gasteiger partial charge in [0.1, 0.15) is 5.54 Å². The highest BCUT2D eigenvalue weighted by atomic mass is 16.4. The van der Waals surface area contributed by atoms with Crippen molar-refractivity contribution >= 4 is 11.9 Å². The molecule has 1 aromatic heterocycles. The SMILES string of the molecule is CC1(C(=O)O)CCCN1C(=O)CCc1ncc(-c2ccccc2)o1. The van der Waals surface area contributed by atoms with Gasteiger partial charge >= 0.3 is 5.97 Å². The molecule has 0 bridgehead atoms. The highest BCUT2D eigenvalue weighted by Crippen LogP contribution is 2.30. The number of carbonyl (C=O) groups is 2. The fraction of sp³-hybridized carbons (Fsp3) is 0.389. The van der Waals surface area contributed by atoms with Gasteiger partial charge in [-0.05, 0) is 19.8 Å². The van der Waals surface area contributed by atoms with Gasteiger partial charge in [0.05, 0.1) is 6.20 Å². The van der Waals surface area contributed by atoms with Crippen molar-refractivity contribution in [1.82, 2.24) is 9.88 Å². The Morgan fingerprint density at radius 2 is 2.08 bits per heavy atom. The van der Waals surface area contributed by atoms with Crippen LogP contribution in [0.5, 0.6) is 0 Å². The summed E-state index contributed by atoms with van der Waals surface area (Å²) in [6, 6.07) is 9.62. The average molecular weight is 328 g/mol. The molecule has 1 aliphatic rings. The van der Waals surface area contributed by atoms with Gasteiger partial charge in [-0.3, -0.25) is 4.79 Å². The van der Waals surface area contributed by atoms with Gasteiger partial charge in [0.15, 0.2) is 11.7 Å². The molecule has 2 aromatic rings. The second-order valence-electron chi connectivity index (χ2n) is 6.21. The van der Waals surface area contributed by atoms with E-state index in [0.29, 0.717) is 37.5 Å². The summed E-state index contributed by atoms with van der Waals surface area (Å²) < 4.78 is 5.68. The molecule has 1 aliphatic heterocycles. The molecule has 1 atom stereocenters. The summed E-state index contributed by atoms with van der Waals surface area (Å²) in [5, 5.41) is 9.38. The number of oxazole rings is 1. The molecule has 1 saturated heterocycles. The van der Waals surface area contributed by atoms with E-state index in [2.05, 4.69) is 4.98 Å². The Labute approximate surface area is 140 Å². The Bertz CT molecular complexity index is 740. The molecule has 3 rings (SSSR count). The van der Waals surface area contributed by atoms with Gasteiger partial charge in [-0.25, -0.2) is 9.78 Å². The predicted octanol–water partition coefficient (Wildman–Crippen LogP) is 2.74. The smallest absolute Gasteiger partial charge is 0.329 e. The second kappa shape index (κ2) is 6.47. The summed E-state index contributed by atoms with van der Waals surface area (Å²) in [6.45, 7) is 2.10. The van der Waals surface area contributed by atoms with Gasteiger partial charge in [-0.2, -0.15) is 0 Å². The van der Waals surface area contributed by atoms with Gasteiger partial charge < -0.3 is 14.4 Å². The molecule has 6 heteroatoms. The van der Waals surface area contributed by atoms with Crippen LogP contribution in [0, 0.1) is 0 Å². The van der Waals surface area contributed by atoms with Crippen LogP contribution in [0.4, 0.5) is 0 Å². The number of likely N-dealkylation sites (tertiary alicyclic amines) is 1. The summed E-state index contributed by atoms with van der Waals surface area (Å²) in [5.41, 5.74) is -0.163. The van der Waals surface area contributed by atoms with Gasteiger partial charge in [0.2, 0.25) is 5.91 Å². The van der Waals surface area contributed by atoms with E-state index in [0.717, 1.165) is 5.56 Å². The number of amides is 1. The number of rotatable bonds is 5. The van der Waals surface area contributed by atoms with Crippen molar-refractivity contribution in [3.05, 3.63) is 42.4 Å². The van der Waals surface area contributed by atoms with Gasteiger partial charge in [-0.1, -0.05) is 30.3 Å². The lowest BCUT2D eigenvalue weighted by Gasteiger charge is -2.31. The molecule has 2 heterocycles. The number of carbonyl (C=O) groups excluding carboxylic acids is 1.